The van der Waals surface area contributed by atoms with Crippen molar-refractivity contribution >= 4 is 0 Å². The molecule has 0 bridgehead atoms. The van der Waals surface area contributed by atoms with Crippen LogP contribution in [0.1, 0.15) is 11.1 Å². The van der Waals surface area contributed by atoms with E-state index in [1.807, 2.05) is 0 Å². The van der Waals surface area contributed by atoms with Gasteiger partial charge in [-0.15, -0.1) is 0 Å². The molecule has 0 fully saturated rings. The summed E-state index contributed by atoms with van der Waals surface area (Å²) in [7, 11) is 0. The van der Waals surface area contributed by atoms with Crippen molar-refractivity contribution in [2.45, 2.75) is 13.1 Å². The van der Waals surface area contributed by atoms with Crippen molar-refractivity contribution in [2.75, 3.05) is 0 Å². The van der Waals surface area contributed by atoms with Gasteiger partial charge in [-0.2, -0.15) is 13.2 Å². The lowest BCUT2D eigenvalue weighted by atomic mass is 10.1. The van der Waals surface area contributed by atoms with Crippen LogP contribution in [0.3, 0.4) is 0 Å². The van der Waals surface area contributed by atoms with Gasteiger partial charge in [-0.1, -0.05) is 0 Å². The van der Waals surface area contributed by atoms with E-state index in [2.05, 4.69) is 0 Å². The molecule has 0 aliphatic carbocycles. The highest BCUT2D eigenvalue weighted by atomic mass is 19.4. The summed E-state index contributed by atoms with van der Waals surface area (Å²) in [6.07, 6.45) is -5.24. The van der Waals surface area contributed by atoms with Crippen molar-refractivity contribution < 1.29 is 26.3 Å². The van der Waals surface area contributed by atoms with Crippen LogP contribution in [0, 0.1) is 24.4 Å². The van der Waals surface area contributed by atoms with Gasteiger partial charge in [-0.05, 0) is 18.6 Å². The quantitative estimate of drug-likeness (QED) is 0.458. The molecule has 0 atom stereocenters. The maximum atomic E-state index is 12.8. The van der Waals surface area contributed by atoms with Gasteiger partial charge < -0.3 is 0 Å². The summed E-state index contributed by atoms with van der Waals surface area (Å²) in [5.41, 5.74) is -2.77. The van der Waals surface area contributed by atoms with Crippen LogP contribution in [-0.2, 0) is 6.18 Å². The summed E-state index contributed by atoms with van der Waals surface area (Å²) in [4.78, 5) is 0. The number of alkyl halides is 3. The summed E-state index contributed by atoms with van der Waals surface area (Å²) in [6, 6.07) is 0.375. The molecular weight excluding hydrogens is 210 g/mol. The molecule has 0 saturated heterocycles. The maximum absolute atomic E-state index is 12.8. The predicted octanol–water partition coefficient (Wildman–Crippen LogP) is 3.43. The van der Waals surface area contributed by atoms with Gasteiger partial charge in [0.15, 0.2) is 11.6 Å². The Bertz CT molecular complexity index is 339. The van der Waals surface area contributed by atoms with Crippen molar-refractivity contribution in [3.63, 3.8) is 0 Å². The van der Waals surface area contributed by atoms with E-state index in [0.29, 0.717) is 6.07 Å². The summed E-state index contributed by atoms with van der Waals surface area (Å²) < 4.78 is 74.0. The maximum Gasteiger partial charge on any atom is 0.422 e. The lowest BCUT2D eigenvalue weighted by molar-refractivity contribution is -0.142. The smallest absolute Gasteiger partial charge is 0.206 e. The summed E-state index contributed by atoms with van der Waals surface area (Å²) in [6.45, 7) is 0.924. The second kappa shape index (κ2) is 3.18. The normalized spacial score (nSPS) is 11.9. The van der Waals surface area contributed by atoms with Crippen LogP contribution in [0.5, 0.6) is 0 Å². The lowest BCUT2D eigenvalue weighted by Crippen LogP contribution is -2.14. The molecule has 0 saturated carbocycles. The zero-order valence-electron chi connectivity index (χ0n) is 6.85. The molecule has 0 amide bonds. The summed E-state index contributed by atoms with van der Waals surface area (Å²) in [5.74, 6) is -5.70. The number of rotatable bonds is 0. The van der Waals surface area contributed by atoms with E-state index >= 15 is 0 Å². The van der Waals surface area contributed by atoms with E-state index in [1.165, 1.54) is 0 Å². The van der Waals surface area contributed by atoms with Crippen LogP contribution in [0.15, 0.2) is 6.07 Å². The minimum absolute atomic E-state index is 0.375. The number of benzene rings is 1. The van der Waals surface area contributed by atoms with Crippen LogP contribution >= 0.6 is 0 Å². The Kier molecular flexibility index (Phi) is 2.47. The highest BCUT2D eigenvalue weighted by Crippen LogP contribution is 2.35. The van der Waals surface area contributed by atoms with Gasteiger partial charge in [-0.25, -0.2) is 13.2 Å². The molecule has 0 heterocycles. The van der Waals surface area contributed by atoms with Gasteiger partial charge in [0.25, 0.3) is 0 Å². The van der Waals surface area contributed by atoms with Gasteiger partial charge in [0.05, 0.1) is 0 Å². The first-order chi connectivity index (χ1) is 6.25. The molecule has 0 aromatic heterocycles. The fraction of sp³-hybridized carbons (Fsp3) is 0.250. The highest BCUT2D eigenvalue weighted by Gasteiger charge is 2.39. The van der Waals surface area contributed by atoms with Gasteiger partial charge >= 0.3 is 6.18 Å². The van der Waals surface area contributed by atoms with E-state index in [4.69, 9.17) is 0 Å². The number of halogens is 6. The molecule has 78 valence electrons. The Balaban J connectivity index is 3.56. The SMILES string of the molecule is Cc1cc(F)c(F)c(C(F)(F)F)c1F. The standard InChI is InChI=1S/C8H4F6/c1-3-2-4(9)7(11)5(6(3)10)8(12,13)14/h2H,1H3. The molecule has 0 aliphatic heterocycles. The van der Waals surface area contributed by atoms with E-state index in [-0.39, 0.29) is 0 Å². The second-order valence-corrected chi connectivity index (χ2v) is 2.68. The Labute approximate surface area is 75.2 Å². The molecule has 0 unspecified atom stereocenters. The Hall–Kier alpha value is -1.20. The number of hydrogen-bond acceptors (Lipinski definition) is 0. The fourth-order valence-corrected chi connectivity index (χ4v) is 0.979. The van der Waals surface area contributed by atoms with E-state index in [0.717, 1.165) is 6.92 Å². The number of hydrogen-bond donors (Lipinski definition) is 0. The van der Waals surface area contributed by atoms with E-state index in [9.17, 15) is 26.3 Å². The molecule has 14 heavy (non-hydrogen) atoms. The van der Waals surface area contributed by atoms with Crippen molar-refractivity contribution in [3.05, 3.63) is 34.6 Å². The average Bonchev–Trinajstić information content (AvgIpc) is 1.98. The van der Waals surface area contributed by atoms with Gasteiger partial charge in [0, 0.05) is 0 Å². The van der Waals surface area contributed by atoms with Crippen LogP contribution in [0.25, 0.3) is 0 Å². The van der Waals surface area contributed by atoms with Crippen molar-refractivity contribution in [2.24, 2.45) is 0 Å². The second-order valence-electron chi connectivity index (χ2n) is 2.68. The van der Waals surface area contributed by atoms with Gasteiger partial charge in [-0.3, -0.25) is 0 Å². The Morgan fingerprint density at radius 2 is 1.50 bits per heavy atom. The minimum Gasteiger partial charge on any atom is -0.206 e. The van der Waals surface area contributed by atoms with Crippen LogP contribution < -0.4 is 0 Å². The molecule has 1 rings (SSSR count). The van der Waals surface area contributed by atoms with Crippen LogP contribution in [-0.4, -0.2) is 0 Å². The predicted molar refractivity (Wildman–Crippen MR) is 36.1 cm³/mol. The molecule has 0 aliphatic rings. The topological polar surface area (TPSA) is 0 Å². The molecule has 0 nitrogen and oxygen atoms in total. The van der Waals surface area contributed by atoms with Gasteiger partial charge in [0.2, 0.25) is 0 Å². The third kappa shape index (κ3) is 1.69. The molecule has 6 heteroatoms. The largest absolute Gasteiger partial charge is 0.422 e. The lowest BCUT2D eigenvalue weighted by Gasteiger charge is -2.11. The van der Waals surface area contributed by atoms with E-state index < -0.39 is 34.8 Å². The highest BCUT2D eigenvalue weighted by molar-refractivity contribution is 5.29. The Morgan fingerprint density at radius 1 is 1.00 bits per heavy atom. The fourth-order valence-electron chi connectivity index (χ4n) is 0.979. The third-order valence-electron chi connectivity index (χ3n) is 1.62. The molecule has 0 spiro atoms. The van der Waals surface area contributed by atoms with Crippen molar-refractivity contribution in [3.8, 4) is 0 Å². The Morgan fingerprint density at radius 3 is 1.93 bits per heavy atom. The van der Waals surface area contributed by atoms with Crippen molar-refractivity contribution in [1.29, 1.82) is 0 Å². The zero-order chi connectivity index (χ0) is 11.1. The first-order valence-corrected chi connectivity index (χ1v) is 3.46. The van der Waals surface area contributed by atoms with Crippen molar-refractivity contribution in [1.82, 2.24) is 0 Å². The first kappa shape index (κ1) is 10.9. The average molecular weight is 214 g/mol. The summed E-state index contributed by atoms with van der Waals surface area (Å²) >= 11 is 0. The zero-order valence-corrected chi connectivity index (χ0v) is 6.85. The van der Waals surface area contributed by atoms with Crippen LogP contribution in [0.4, 0.5) is 26.3 Å². The van der Waals surface area contributed by atoms with E-state index in [1.54, 1.807) is 0 Å². The monoisotopic (exact) mass is 214 g/mol. The molecule has 0 radical (unpaired) electrons. The minimum atomic E-state index is -5.24. The van der Waals surface area contributed by atoms with Gasteiger partial charge in [0.1, 0.15) is 11.4 Å². The third-order valence-corrected chi connectivity index (χ3v) is 1.62. The summed E-state index contributed by atoms with van der Waals surface area (Å²) in [5, 5.41) is 0. The molecule has 0 N–H and O–H groups in total. The molecule has 1 aromatic rings. The van der Waals surface area contributed by atoms with Crippen LogP contribution in [0.2, 0.25) is 0 Å². The molecular formula is C8H4F6. The first-order valence-electron chi connectivity index (χ1n) is 3.46. The molecule has 1 aromatic carbocycles. The number of aryl methyl sites for hydroxylation is 1.